The second-order valence-corrected chi connectivity index (χ2v) is 15.5. The summed E-state index contributed by atoms with van der Waals surface area (Å²) in [5.41, 5.74) is 14.9. The summed E-state index contributed by atoms with van der Waals surface area (Å²) in [5, 5.41) is 4.82. The van der Waals surface area contributed by atoms with E-state index in [2.05, 4.69) is 161 Å². The van der Waals surface area contributed by atoms with E-state index in [1.165, 1.54) is 27.2 Å². The van der Waals surface area contributed by atoms with Crippen LogP contribution in [0.25, 0.3) is 111 Å². The fourth-order valence-electron chi connectivity index (χ4n) is 9.07. The lowest BCUT2D eigenvalue weighted by Crippen LogP contribution is -2.00. The van der Waals surface area contributed by atoms with E-state index >= 15 is 0 Å². The van der Waals surface area contributed by atoms with Crippen LogP contribution in [0.1, 0.15) is 0 Å². The molecule has 0 saturated carbocycles. The second kappa shape index (κ2) is 14.7. The molecule has 0 aliphatic rings. The van der Waals surface area contributed by atoms with E-state index in [-0.39, 0.29) is 0 Å². The molecule has 0 aliphatic carbocycles. The third kappa shape index (κ3) is 5.88. The number of hydrogen-bond donors (Lipinski definition) is 0. The summed E-state index contributed by atoms with van der Waals surface area (Å²) in [7, 11) is 0. The highest BCUT2D eigenvalue weighted by atomic mass is 15.0. The molecule has 0 atom stereocenters. The Kier molecular flexibility index (Phi) is 8.38. The van der Waals surface area contributed by atoms with Crippen molar-refractivity contribution in [1.29, 1.82) is 0 Å². The smallest absolute Gasteiger partial charge is 0.162 e. The van der Waals surface area contributed by atoms with Gasteiger partial charge in [-0.3, -0.25) is 9.97 Å². The van der Waals surface area contributed by atoms with Crippen LogP contribution < -0.4 is 0 Å². The minimum absolute atomic E-state index is 0.589. The minimum Gasteiger partial charge on any atom is -0.309 e. The van der Waals surface area contributed by atoms with Crippen LogP contribution in [0.2, 0.25) is 0 Å². The van der Waals surface area contributed by atoms with Gasteiger partial charge in [-0.15, -0.1) is 0 Å². The largest absolute Gasteiger partial charge is 0.309 e. The van der Waals surface area contributed by atoms with Gasteiger partial charge in [-0.25, -0.2) is 9.97 Å². The topological polar surface area (TPSA) is 61.4 Å². The van der Waals surface area contributed by atoms with Crippen molar-refractivity contribution >= 4 is 43.6 Å². The van der Waals surface area contributed by atoms with E-state index in [9.17, 15) is 0 Å². The predicted octanol–water partition coefficient (Wildman–Crippen LogP) is 13.8. The van der Waals surface area contributed by atoms with Gasteiger partial charge in [0.25, 0.3) is 0 Å². The van der Waals surface area contributed by atoms with E-state index < -0.39 is 0 Å². The standard InChI is InChI=1S/C56H36N6/c1-3-16-37(17-4-1)48-36-49(38-18-5-2-6-19-38)60-56(59-48)46-26-15-33-58-55(46)54-42(25-14-32-57-54)39-30-31-53-47(34-39)45-24-9-12-29-52(45)62(53)41-21-13-20-40(35-41)61-50-27-10-7-22-43(50)44-23-8-11-28-51(44)61/h1-36H. The van der Waals surface area contributed by atoms with Crippen LogP contribution in [-0.2, 0) is 0 Å². The molecule has 0 radical (unpaired) electrons. The van der Waals surface area contributed by atoms with E-state index in [4.69, 9.17) is 19.9 Å². The number of rotatable bonds is 7. The Morgan fingerprint density at radius 3 is 1.34 bits per heavy atom. The summed E-state index contributed by atoms with van der Waals surface area (Å²) < 4.78 is 4.76. The highest BCUT2D eigenvalue weighted by molar-refractivity contribution is 6.11. The summed E-state index contributed by atoms with van der Waals surface area (Å²) in [4.78, 5) is 20.3. The maximum atomic E-state index is 5.16. The molecule has 0 N–H and O–H groups in total. The number of benzene rings is 7. The molecule has 6 nitrogen and oxygen atoms in total. The zero-order valence-electron chi connectivity index (χ0n) is 33.5. The number of fused-ring (bicyclic) bond motifs is 6. The van der Waals surface area contributed by atoms with Gasteiger partial charge >= 0.3 is 0 Å². The molecule has 0 aliphatic heterocycles. The normalized spacial score (nSPS) is 11.5. The van der Waals surface area contributed by atoms with E-state index in [1.54, 1.807) is 0 Å². The SMILES string of the molecule is c1ccc(-c2cc(-c3ccccc3)nc(-c3cccnc3-c3ncccc3-c3ccc4c(c3)c3ccccc3n4-c3cccc(-n4c5ccccc5c5ccccc54)c3)n2)cc1. The van der Waals surface area contributed by atoms with Crippen LogP contribution in [0.5, 0.6) is 0 Å². The van der Waals surface area contributed by atoms with Crippen molar-refractivity contribution in [2.45, 2.75) is 0 Å². The first-order valence-electron chi connectivity index (χ1n) is 20.8. The van der Waals surface area contributed by atoms with Gasteiger partial charge in [0.2, 0.25) is 0 Å². The Hall–Kier alpha value is -8.48. The lowest BCUT2D eigenvalue weighted by atomic mass is 9.97. The molecule has 62 heavy (non-hydrogen) atoms. The molecule has 12 aromatic rings. The van der Waals surface area contributed by atoms with Crippen molar-refractivity contribution in [2.75, 3.05) is 0 Å². The van der Waals surface area contributed by atoms with Crippen molar-refractivity contribution in [3.63, 3.8) is 0 Å². The molecule has 0 amide bonds. The molecule has 5 heterocycles. The van der Waals surface area contributed by atoms with Crippen LogP contribution in [0, 0.1) is 0 Å². The highest BCUT2D eigenvalue weighted by Gasteiger charge is 2.21. The Morgan fingerprint density at radius 2 is 0.774 bits per heavy atom. The van der Waals surface area contributed by atoms with Gasteiger partial charge in [0.15, 0.2) is 5.82 Å². The van der Waals surface area contributed by atoms with Crippen LogP contribution in [0.15, 0.2) is 219 Å². The van der Waals surface area contributed by atoms with Crippen LogP contribution in [0.4, 0.5) is 0 Å². The fourth-order valence-corrected chi connectivity index (χ4v) is 9.07. The zero-order valence-corrected chi connectivity index (χ0v) is 33.5. The summed E-state index contributed by atoms with van der Waals surface area (Å²) in [5.74, 6) is 0.589. The molecule has 0 spiro atoms. The molecule has 7 aromatic carbocycles. The van der Waals surface area contributed by atoms with Gasteiger partial charge < -0.3 is 9.13 Å². The van der Waals surface area contributed by atoms with Gasteiger partial charge in [0.05, 0.1) is 39.1 Å². The number of aromatic nitrogens is 6. The van der Waals surface area contributed by atoms with Gasteiger partial charge in [-0.2, -0.15) is 0 Å². The van der Waals surface area contributed by atoms with Crippen molar-refractivity contribution in [2.24, 2.45) is 0 Å². The quantitative estimate of drug-likeness (QED) is 0.161. The Morgan fingerprint density at radius 1 is 0.306 bits per heavy atom. The van der Waals surface area contributed by atoms with Crippen molar-refractivity contribution < 1.29 is 0 Å². The lowest BCUT2D eigenvalue weighted by Gasteiger charge is -2.14. The third-order valence-corrected chi connectivity index (χ3v) is 11.9. The number of nitrogens with zero attached hydrogens (tertiary/aromatic N) is 6. The molecule has 12 rings (SSSR count). The maximum Gasteiger partial charge on any atom is 0.162 e. The van der Waals surface area contributed by atoms with E-state index in [1.807, 2.05) is 67.0 Å². The number of pyridine rings is 2. The molecule has 290 valence electrons. The monoisotopic (exact) mass is 792 g/mol. The van der Waals surface area contributed by atoms with E-state index in [0.717, 1.165) is 78.4 Å². The molecule has 5 aromatic heterocycles. The maximum absolute atomic E-state index is 5.16. The fraction of sp³-hybridized carbons (Fsp3) is 0. The molecule has 0 saturated heterocycles. The molecule has 0 unspecified atom stereocenters. The predicted molar refractivity (Wildman–Crippen MR) is 253 cm³/mol. The molecule has 0 bridgehead atoms. The van der Waals surface area contributed by atoms with E-state index in [0.29, 0.717) is 5.82 Å². The third-order valence-electron chi connectivity index (χ3n) is 11.9. The average molecular weight is 793 g/mol. The van der Waals surface area contributed by atoms with Crippen LogP contribution >= 0.6 is 0 Å². The Labute approximate surface area is 357 Å². The first kappa shape index (κ1) is 35.5. The van der Waals surface area contributed by atoms with Crippen molar-refractivity contribution in [1.82, 2.24) is 29.1 Å². The number of para-hydroxylation sites is 3. The first-order chi connectivity index (χ1) is 30.8. The average Bonchev–Trinajstić information content (AvgIpc) is 3.87. The summed E-state index contributed by atoms with van der Waals surface area (Å²) in [6.45, 7) is 0. The molecular weight excluding hydrogens is 757 g/mol. The van der Waals surface area contributed by atoms with Crippen LogP contribution in [0.3, 0.4) is 0 Å². The Bertz CT molecular complexity index is 3530. The second-order valence-electron chi connectivity index (χ2n) is 15.5. The van der Waals surface area contributed by atoms with Gasteiger partial charge in [-0.1, -0.05) is 133 Å². The summed E-state index contributed by atoms with van der Waals surface area (Å²) in [6.07, 6.45) is 3.66. The van der Waals surface area contributed by atoms with Gasteiger partial charge in [-0.05, 0) is 78.4 Å². The molecule has 6 heteroatoms. The molecular formula is C56H36N6. The zero-order chi connectivity index (χ0) is 41.0. The summed E-state index contributed by atoms with van der Waals surface area (Å²) in [6, 6.07) is 72.3. The molecule has 0 fully saturated rings. The first-order valence-corrected chi connectivity index (χ1v) is 20.8. The summed E-state index contributed by atoms with van der Waals surface area (Å²) >= 11 is 0. The number of hydrogen-bond acceptors (Lipinski definition) is 4. The van der Waals surface area contributed by atoms with Crippen molar-refractivity contribution in [3.8, 4) is 67.8 Å². The minimum atomic E-state index is 0.589. The van der Waals surface area contributed by atoms with Crippen LogP contribution in [-0.4, -0.2) is 29.1 Å². The van der Waals surface area contributed by atoms with Crippen molar-refractivity contribution in [3.05, 3.63) is 219 Å². The van der Waals surface area contributed by atoms with Gasteiger partial charge in [0, 0.05) is 67.6 Å². The van der Waals surface area contributed by atoms with Gasteiger partial charge in [0.1, 0.15) is 5.69 Å². The lowest BCUT2D eigenvalue weighted by molar-refractivity contribution is 1.13. The highest BCUT2D eigenvalue weighted by Crippen LogP contribution is 2.40. The Balaban J connectivity index is 1.00.